The van der Waals surface area contributed by atoms with Gasteiger partial charge in [0.1, 0.15) is 18.0 Å². The highest BCUT2D eigenvalue weighted by molar-refractivity contribution is 6.32. The van der Waals surface area contributed by atoms with E-state index in [1.54, 1.807) is 18.2 Å². The molecule has 39 heavy (non-hydrogen) atoms. The second-order valence-electron chi connectivity index (χ2n) is 11.1. The molecule has 2 aromatic carbocycles. The van der Waals surface area contributed by atoms with Crippen LogP contribution in [0.25, 0.3) is 10.9 Å². The molecule has 0 radical (unpaired) electrons. The van der Waals surface area contributed by atoms with E-state index >= 15 is 0 Å². The molecular formula is C31H37ClN2O5. The fourth-order valence-electron chi connectivity index (χ4n) is 5.06. The summed E-state index contributed by atoms with van der Waals surface area (Å²) in [6.45, 7) is 6.64. The number of fused-ring (bicyclic) bond motifs is 1. The zero-order valence-electron chi connectivity index (χ0n) is 23.2. The van der Waals surface area contributed by atoms with E-state index in [0.29, 0.717) is 43.8 Å². The van der Waals surface area contributed by atoms with E-state index in [1.165, 1.54) is 0 Å². The van der Waals surface area contributed by atoms with Crippen LogP contribution in [-0.2, 0) is 27.3 Å². The SMILES string of the molecule is COc1ccc2ncc(Cl)c(CCCC3(C(=O)OCc4ccccc4)CCN(C(=O)OC(C)(C)C)CC3)c2c1. The van der Waals surface area contributed by atoms with Crippen molar-refractivity contribution in [1.29, 1.82) is 0 Å². The number of esters is 1. The Kier molecular flexibility index (Phi) is 9.01. The number of pyridine rings is 1. The Labute approximate surface area is 235 Å². The number of piperidine rings is 1. The summed E-state index contributed by atoms with van der Waals surface area (Å²) in [5.74, 6) is 0.519. The third-order valence-corrected chi connectivity index (χ3v) is 7.56. The van der Waals surface area contributed by atoms with Gasteiger partial charge in [0, 0.05) is 24.7 Å². The lowest BCUT2D eigenvalue weighted by atomic mass is 9.74. The molecule has 0 aliphatic carbocycles. The van der Waals surface area contributed by atoms with Crippen LogP contribution in [0, 0.1) is 5.41 Å². The van der Waals surface area contributed by atoms with Crippen LogP contribution in [0.4, 0.5) is 4.79 Å². The molecule has 0 saturated carbocycles. The van der Waals surface area contributed by atoms with Crippen molar-refractivity contribution < 1.29 is 23.8 Å². The van der Waals surface area contributed by atoms with Crippen molar-refractivity contribution in [2.45, 2.75) is 65.1 Å². The number of aryl methyl sites for hydroxylation is 1. The Bertz CT molecular complexity index is 1300. The highest BCUT2D eigenvalue weighted by atomic mass is 35.5. The van der Waals surface area contributed by atoms with Gasteiger partial charge < -0.3 is 19.1 Å². The molecule has 1 saturated heterocycles. The van der Waals surface area contributed by atoms with Gasteiger partial charge in [-0.05, 0) is 82.2 Å². The number of amides is 1. The van der Waals surface area contributed by atoms with Gasteiger partial charge in [-0.1, -0.05) is 41.9 Å². The van der Waals surface area contributed by atoms with Crippen LogP contribution in [0.15, 0.2) is 54.7 Å². The van der Waals surface area contributed by atoms with E-state index in [0.717, 1.165) is 34.2 Å². The average Bonchev–Trinajstić information content (AvgIpc) is 2.92. The van der Waals surface area contributed by atoms with Gasteiger partial charge in [0.05, 0.1) is 23.1 Å². The first kappa shape index (κ1) is 28.7. The summed E-state index contributed by atoms with van der Waals surface area (Å²) in [5, 5.41) is 1.54. The van der Waals surface area contributed by atoms with Crippen LogP contribution in [0.5, 0.6) is 5.75 Å². The van der Waals surface area contributed by atoms with Gasteiger partial charge in [0.2, 0.25) is 0 Å². The van der Waals surface area contributed by atoms with E-state index in [2.05, 4.69) is 4.98 Å². The predicted octanol–water partition coefficient (Wildman–Crippen LogP) is 6.98. The number of ether oxygens (including phenoxy) is 3. The maximum atomic E-state index is 13.6. The Morgan fingerprint density at radius 3 is 2.46 bits per heavy atom. The monoisotopic (exact) mass is 552 g/mol. The molecule has 1 aliphatic heterocycles. The van der Waals surface area contributed by atoms with Gasteiger partial charge in [-0.2, -0.15) is 0 Å². The predicted molar refractivity (Wildman–Crippen MR) is 152 cm³/mol. The molecule has 0 atom stereocenters. The molecule has 0 N–H and O–H groups in total. The smallest absolute Gasteiger partial charge is 0.410 e. The Morgan fingerprint density at radius 2 is 1.79 bits per heavy atom. The molecule has 3 aromatic rings. The van der Waals surface area contributed by atoms with Crippen molar-refractivity contribution in [3.05, 3.63) is 70.9 Å². The number of hydrogen-bond donors (Lipinski definition) is 0. The summed E-state index contributed by atoms with van der Waals surface area (Å²) in [4.78, 5) is 32.4. The number of hydrogen-bond acceptors (Lipinski definition) is 6. The van der Waals surface area contributed by atoms with E-state index in [1.807, 2.05) is 69.3 Å². The number of carbonyl (C=O) groups is 2. The van der Waals surface area contributed by atoms with E-state index in [4.69, 9.17) is 25.8 Å². The van der Waals surface area contributed by atoms with Crippen molar-refractivity contribution in [2.75, 3.05) is 20.2 Å². The standard InChI is InChI=1S/C31H37ClN2O5/c1-30(2,3)39-29(36)34-17-15-31(16-18-34,28(35)38-21-22-9-6-5-7-10-22)14-8-11-24-25-19-23(37-4)12-13-27(25)33-20-26(24)32/h5-7,9-10,12-13,19-20H,8,11,14-18,21H2,1-4H3. The number of carbonyl (C=O) groups excluding carboxylic acids is 2. The number of halogens is 1. The highest BCUT2D eigenvalue weighted by Gasteiger charge is 2.43. The first-order valence-electron chi connectivity index (χ1n) is 13.4. The van der Waals surface area contributed by atoms with Crippen molar-refractivity contribution in [1.82, 2.24) is 9.88 Å². The number of nitrogens with zero attached hydrogens (tertiary/aromatic N) is 2. The number of rotatable bonds is 8. The molecule has 1 aromatic heterocycles. The summed E-state index contributed by atoms with van der Waals surface area (Å²) in [6.07, 6.45) is 4.37. The van der Waals surface area contributed by atoms with Crippen LogP contribution in [0.3, 0.4) is 0 Å². The third kappa shape index (κ3) is 7.21. The van der Waals surface area contributed by atoms with E-state index in [9.17, 15) is 9.59 Å². The van der Waals surface area contributed by atoms with Crippen molar-refractivity contribution >= 4 is 34.6 Å². The number of methoxy groups -OCH3 is 1. The number of benzene rings is 2. The molecule has 0 bridgehead atoms. The second-order valence-corrected chi connectivity index (χ2v) is 11.5. The van der Waals surface area contributed by atoms with Gasteiger partial charge in [0.15, 0.2) is 0 Å². The largest absolute Gasteiger partial charge is 0.497 e. The van der Waals surface area contributed by atoms with Crippen LogP contribution in [0.1, 0.15) is 57.6 Å². The molecule has 2 heterocycles. The zero-order chi connectivity index (χ0) is 28.0. The normalized spacial score (nSPS) is 15.2. The quantitative estimate of drug-likeness (QED) is 0.280. The molecular weight excluding hydrogens is 516 g/mol. The molecule has 1 fully saturated rings. The van der Waals surface area contributed by atoms with Gasteiger partial charge >= 0.3 is 12.1 Å². The van der Waals surface area contributed by atoms with Gasteiger partial charge in [-0.3, -0.25) is 9.78 Å². The number of aromatic nitrogens is 1. The minimum atomic E-state index is -0.694. The zero-order valence-corrected chi connectivity index (χ0v) is 23.9. The van der Waals surface area contributed by atoms with Gasteiger partial charge in [-0.25, -0.2) is 4.79 Å². The highest BCUT2D eigenvalue weighted by Crippen LogP contribution is 2.39. The second kappa shape index (κ2) is 12.2. The fourth-order valence-corrected chi connectivity index (χ4v) is 5.31. The van der Waals surface area contributed by atoms with Crippen molar-refractivity contribution in [2.24, 2.45) is 5.41 Å². The maximum absolute atomic E-state index is 13.6. The molecule has 4 rings (SSSR count). The van der Waals surface area contributed by atoms with Crippen LogP contribution < -0.4 is 4.74 Å². The maximum Gasteiger partial charge on any atom is 0.410 e. The lowest BCUT2D eigenvalue weighted by Gasteiger charge is -2.40. The molecule has 208 valence electrons. The first-order chi connectivity index (χ1) is 18.6. The molecule has 0 unspecified atom stereocenters. The molecule has 1 amide bonds. The van der Waals surface area contributed by atoms with Gasteiger partial charge in [-0.15, -0.1) is 0 Å². The third-order valence-electron chi connectivity index (χ3n) is 7.23. The van der Waals surface area contributed by atoms with Crippen LogP contribution >= 0.6 is 11.6 Å². The molecule has 0 spiro atoms. The molecule has 7 nitrogen and oxygen atoms in total. The lowest BCUT2D eigenvalue weighted by molar-refractivity contribution is -0.161. The summed E-state index contributed by atoms with van der Waals surface area (Å²) < 4.78 is 16.8. The first-order valence-corrected chi connectivity index (χ1v) is 13.8. The van der Waals surface area contributed by atoms with Gasteiger partial charge in [0.25, 0.3) is 0 Å². The minimum Gasteiger partial charge on any atom is -0.497 e. The van der Waals surface area contributed by atoms with E-state index < -0.39 is 11.0 Å². The topological polar surface area (TPSA) is 78.0 Å². The molecule has 8 heteroatoms. The fraction of sp³-hybridized carbons (Fsp3) is 0.452. The summed E-state index contributed by atoms with van der Waals surface area (Å²) in [6, 6.07) is 15.4. The summed E-state index contributed by atoms with van der Waals surface area (Å²) >= 11 is 6.59. The van der Waals surface area contributed by atoms with E-state index in [-0.39, 0.29) is 18.7 Å². The minimum absolute atomic E-state index is 0.220. The Morgan fingerprint density at radius 1 is 1.08 bits per heavy atom. The van der Waals surface area contributed by atoms with Crippen molar-refractivity contribution in [3.8, 4) is 5.75 Å². The van der Waals surface area contributed by atoms with Crippen molar-refractivity contribution in [3.63, 3.8) is 0 Å². The Hall–Kier alpha value is -3.32. The average molecular weight is 553 g/mol. The molecule has 1 aliphatic rings. The van der Waals surface area contributed by atoms with Crippen LogP contribution in [-0.4, -0.2) is 47.7 Å². The Balaban J connectivity index is 1.50. The summed E-state index contributed by atoms with van der Waals surface area (Å²) in [7, 11) is 1.63. The lowest BCUT2D eigenvalue weighted by Crippen LogP contribution is -2.48. The summed E-state index contributed by atoms with van der Waals surface area (Å²) in [5.41, 5.74) is 1.50. The van der Waals surface area contributed by atoms with Crippen LogP contribution in [0.2, 0.25) is 5.02 Å². The number of likely N-dealkylation sites (tertiary alicyclic amines) is 1.